The maximum atomic E-state index is 12.8. The molecule has 1 aliphatic rings. The lowest BCUT2D eigenvalue weighted by Crippen LogP contribution is -3.15. The van der Waals surface area contributed by atoms with Crippen LogP contribution in [-0.2, 0) is 4.74 Å². The molecular formula is C21H29N2O4S+. The highest BCUT2D eigenvalue weighted by Gasteiger charge is 2.27. The van der Waals surface area contributed by atoms with Gasteiger partial charge in [0.2, 0.25) is 0 Å². The van der Waals surface area contributed by atoms with Crippen molar-refractivity contribution in [2.75, 3.05) is 46.1 Å². The van der Waals surface area contributed by atoms with Crippen molar-refractivity contribution in [1.82, 2.24) is 5.32 Å². The second-order valence-corrected chi connectivity index (χ2v) is 7.56. The van der Waals surface area contributed by atoms with Gasteiger partial charge < -0.3 is 24.4 Å². The zero-order valence-corrected chi connectivity index (χ0v) is 17.3. The third kappa shape index (κ3) is 5.25. The van der Waals surface area contributed by atoms with E-state index in [1.807, 2.05) is 13.8 Å². The minimum absolute atomic E-state index is 0.0989. The van der Waals surface area contributed by atoms with E-state index < -0.39 is 0 Å². The van der Waals surface area contributed by atoms with Gasteiger partial charge >= 0.3 is 0 Å². The average molecular weight is 406 g/mol. The predicted octanol–water partition coefficient (Wildman–Crippen LogP) is 1.93. The molecule has 28 heavy (non-hydrogen) atoms. The van der Waals surface area contributed by atoms with Gasteiger partial charge in [0.05, 0.1) is 37.8 Å². The fraction of sp³-hybridized carbons (Fsp3) is 0.476. The second kappa shape index (κ2) is 10.5. The maximum Gasteiger partial charge on any atom is 0.251 e. The van der Waals surface area contributed by atoms with E-state index in [0.29, 0.717) is 36.8 Å². The lowest BCUT2D eigenvalue weighted by atomic mass is 10.1. The Morgan fingerprint density at radius 2 is 1.93 bits per heavy atom. The Kier molecular flexibility index (Phi) is 7.71. The SMILES string of the molecule is CCOc1ccc(C(=O)NC[C@@H](c2cccs2)[NH+]2CCOCC2)cc1OCC. The van der Waals surface area contributed by atoms with Crippen molar-refractivity contribution < 1.29 is 23.9 Å². The summed E-state index contributed by atoms with van der Waals surface area (Å²) in [6.45, 7) is 8.94. The number of benzene rings is 1. The zero-order valence-electron chi connectivity index (χ0n) is 16.5. The van der Waals surface area contributed by atoms with Gasteiger partial charge in [-0.05, 0) is 43.5 Å². The Morgan fingerprint density at radius 1 is 1.18 bits per heavy atom. The Morgan fingerprint density at radius 3 is 2.61 bits per heavy atom. The van der Waals surface area contributed by atoms with Gasteiger partial charge in [-0.1, -0.05) is 6.07 Å². The summed E-state index contributed by atoms with van der Waals surface area (Å²) in [6, 6.07) is 9.79. The van der Waals surface area contributed by atoms with Gasteiger partial charge in [0, 0.05) is 5.56 Å². The molecular weight excluding hydrogens is 376 g/mol. The van der Waals surface area contributed by atoms with Crippen LogP contribution in [0, 0.1) is 0 Å². The lowest BCUT2D eigenvalue weighted by molar-refractivity contribution is -0.937. The molecule has 1 aromatic carbocycles. The second-order valence-electron chi connectivity index (χ2n) is 6.58. The van der Waals surface area contributed by atoms with E-state index >= 15 is 0 Å². The normalized spacial score (nSPS) is 15.8. The topological polar surface area (TPSA) is 61.2 Å². The smallest absolute Gasteiger partial charge is 0.251 e. The van der Waals surface area contributed by atoms with Gasteiger partial charge in [-0.2, -0.15) is 0 Å². The van der Waals surface area contributed by atoms with E-state index in [4.69, 9.17) is 14.2 Å². The van der Waals surface area contributed by atoms with Crippen LogP contribution in [0.3, 0.4) is 0 Å². The summed E-state index contributed by atoms with van der Waals surface area (Å²) >= 11 is 1.74. The molecule has 0 unspecified atom stereocenters. The molecule has 0 aliphatic carbocycles. The number of carbonyl (C=O) groups is 1. The van der Waals surface area contributed by atoms with Crippen molar-refractivity contribution in [3.05, 3.63) is 46.2 Å². The molecule has 1 aromatic heterocycles. The van der Waals surface area contributed by atoms with Crippen molar-refractivity contribution in [3.8, 4) is 11.5 Å². The van der Waals surface area contributed by atoms with Crippen molar-refractivity contribution in [2.45, 2.75) is 19.9 Å². The van der Waals surface area contributed by atoms with E-state index in [2.05, 4.69) is 22.8 Å². The Bertz CT molecular complexity index is 745. The number of carbonyl (C=O) groups excluding carboxylic acids is 1. The van der Waals surface area contributed by atoms with E-state index in [1.54, 1.807) is 29.5 Å². The molecule has 3 rings (SSSR count). The summed E-state index contributed by atoms with van der Waals surface area (Å²) in [7, 11) is 0. The molecule has 1 saturated heterocycles. The highest BCUT2D eigenvalue weighted by molar-refractivity contribution is 7.10. The number of amides is 1. The van der Waals surface area contributed by atoms with Crippen LogP contribution in [0.1, 0.15) is 35.1 Å². The van der Waals surface area contributed by atoms with Gasteiger partial charge in [0.25, 0.3) is 5.91 Å². The first-order valence-corrected chi connectivity index (χ1v) is 10.7. The Hall–Kier alpha value is -2.09. The molecule has 2 heterocycles. The standard InChI is InChI=1S/C21H28N2O4S/c1-3-26-18-8-7-16(14-19(18)27-4-2)21(24)22-15-17(20-6-5-13-28-20)23-9-11-25-12-10-23/h5-8,13-14,17H,3-4,9-12,15H2,1-2H3,(H,22,24)/p+1/t17-/m0/s1. The van der Waals surface area contributed by atoms with Crippen molar-refractivity contribution in [1.29, 1.82) is 0 Å². The fourth-order valence-electron chi connectivity index (χ4n) is 3.41. The molecule has 0 spiro atoms. The summed E-state index contributed by atoms with van der Waals surface area (Å²) in [5.41, 5.74) is 0.578. The van der Waals surface area contributed by atoms with E-state index in [1.165, 1.54) is 9.78 Å². The molecule has 0 radical (unpaired) electrons. The van der Waals surface area contributed by atoms with Crippen LogP contribution < -0.4 is 19.7 Å². The quantitative estimate of drug-likeness (QED) is 0.669. The number of thiophene rings is 1. The average Bonchev–Trinajstić information content (AvgIpc) is 3.25. The molecule has 152 valence electrons. The van der Waals surface area contributed by atoms with E-state index in [-0.39, 0.29) is 11.9 Å². The van der Waals surface area contributed by atoms with Crippen LogP contribution in [0.25, 0.3) is 0 Å². The van der Waals surface area contributed by atoms with Gasteiger partial charge in [-0.15, -0.1) is 11.3 Å². The molecule has 1 fully saturated rings. The minimum Gasteiger partial charge on any atom is -0.490 e. The monoisotopic (exact) mass is 405 g/mol. The molecule has 1 aliphatic heterocycles. The lowest BCUT2D eigenvalue weighted by Gasteiger charge is -2.31. The highest BCUT2D eigenvalue weighted by atomic mass is 32.1. The van der Waals surface area contributed by atoms with Gasteiger partial charge in [0.1, 0.15) is 19.1 Å². The fourth-order valence-corrected chi connectivity index (χ4v) is 4.29. The number of hydrogen-bond donors (Lipinski definition) is 2. The van der Waals surface area contributed by atoms with Gasteiger partial charge in [-0.3, -0.25) is 4.79 Å². The number of hydrogen-bond acceptors (Lipinski definition) is 5. The van der Waals surface area contributed by atoms with Crippen LogP contribution >= 0.6 is 11.3 Å². The van der Waals surface area contributed by atoms with Crippen molar-refractivity contribution in [2.24, 2.45) is 0 Å². The summed E-state index contributed by atoms with van der Waals surface area (Å²) in [4.78, 5) is 15.5. The molecule has 1 amide bonds. The zero-order chi connectivity index (χ0) is 19.8. The predicted molar refractivity (Wildman–Crippen MR) is 110 cm³/mol. The van der Waals surface area contributed by atoms with Crippen molar-refractivity contribution in [3.63, 3.8) is 0 Å². The first kappa shape index (κ1) is 20.6. The Balaban J connectivity index is 1.69. The highest BCUT2D eigenvalue weighted by Crippen LogP contribution is 2.28. The van der Waals surface area contributed by atoms with Crippen molar-refractivity contribution >= 4 is 17.2 Å². The van der Waals surface area contributed by atoms with Crippen LogP contribution in [0.5, 0.6) is 11.5 Å². The molecule has 1 atom stereocenters. The number of rotatable bonds is 9. The van der Waals surface area contributed by atoms with E-state index in [9.17, 15) is 4.79 Å². The summed E-state index contributed by atoms with van der Waals surface area (Å²) in [5.74, 6) is 1.17. The molecule has 6 nitrogen and oxygen atoms in total. The summed E-state index contributed by atoms with van der Waals surface area (Å²) in [6.07, 6.45) is 0. The maximum absolute atomic E-state index is 12.8. The first-order chi connectivity index (χ1) is 13.7. The first-order valence-electron chi connectivity index (χ1n) is 9.86. The molecule has 2 aromatic rings. The minimum atomic E-state index is -0.0989. The molecule has 0 saturated carbocycles. The van der Waals surface area contributed by atoms with Crippen LogP contribution in [0.4, 0.5) is 0 Å². The number of nitrogens with one attached hydrogen (secondary N) is 2. The summed E-state index contributed by atoms with van der Waals surface area (Å²) < 4.78 is 16.7. The summed E-state index contributed by atoms with van der Waals surface area (Å²) in [5, 5.41) is 5.20. The third-order valence-corrected chi connectivity index (χ3v) is 5.77. The third-order valence-electron chi connectivity index (χ3n) is 4.79. The van der Waals surface area contributed by atoms with Gasteiger partial charge in [-0.25, -0.2) is 0 Å². The number of quaternary nitrogens is 1. The molecule has 0 bridgehead atoms. The molecule has 7 heteroatoms. The Labute approximate surface area is 170 Å². The van der Waals surface area contributed by atoms with Crippen LogP contribution in [0.15, 0.2) is 35.7 Å². The number of ether oxygens (including phenoxy) is 3. The van der Waals surface area contributed by atoms with Gasteiger partial charge in [0.15, 0.2) is 11.5 Å². The molecule has 2 N–H and O–H groups in total. The van der Waals surface area contributed by atoms with Crippen LogP contribution in [-0.4, -0.2) is 52.0 Å². The van der Waals surface area contributed by atoms with Crippen LogP contribution in [0.2, 0.25) is 0 Å². The largest absolute Gasteiger partial charge is 0.490 e. The number of morpholine rings is 1. The van der Waals surface area contributed by atoms with E-state index in [0.717, 1.165) is 26.3 Å².